The highest BCUT2D eigenvalue weighted by Crippen LogP contribution is 2.29. The molecule has 1 heterocycles. The summed E-state index contributed by atoms with van der Waals surface area (Å²) in [5.41, 5.74) is 1.04. The Balaban J connectivity index is 2.14. The molecule has 0 radical (unpaired) electrons. The van der Waals surface area contributed by atoms with Crippen LogP contribution in [-0.4, -0.2) is 20.3 Å². The lowest BCUT2D eigenvalue weighted by Gasteiger charge is -2.30. The fourth-order valence-corrected chi connectivity index (χ4v) is 2.42. The first-order chi connectivity index (χ1) is 7.81. The van der Waals surface area contributed by atoms with Crippen LogP contribution in [0.2, 0.25) is 0 Å². The van der Waals surface area contributed by atoms with Crippen molar-refractivity contribution in [2.24, 2.45) is 5.92 Å². The quantitative estimate of drug-likeness (QED) is 0.850. The van der Waals surface area contributed by atoms with E-state index < -0.39 is 0 Å². The van der Waals surface area contributed by atoms with E-state index in [2.05, 4.69) is 5.32 Å². The number of nitrogens with one attached hydrogen (secondary N) is 1. The largest absolute Gasteiger partial charge is 0.381 e. The van der Waals surface area contributed by atoms with E-state index in [1.807, 2.05) is 13.1 Å². The van der Waals surface area contributed by atoms with E-state index in [9.17, 15) is 4.39 Å². The number of rotatable bonds is 3. The molecule has 0 aliphatic carbocycles. The summed E-state index contributed by atoms with van der Waals surface area (Å²) in [5.74, 6) is 0.380. The summed E-state index contributed by atoms with van der Waals surface area (Å²) in [6.07, 6.45) is 2.09. The van der Waals surface area contributed by atoms with Gasteiger partial charge < -0.3 is 10.1 Å². The molecule has 1 aliphatic heterocycles. The Morgan fingerprint density at radius 3 is 2.75 bits per heavy atom. The van der Waals surface area contributed by atoms with Crippen LogP contribution in [-0.2, 0) is 4.74 Å². The van der Waals surface area contributed by atoms with E-state index in [1.54, 1.807) is 12.1 Å². The van der Waals surface area contributed by atoms with Crippen molar-refractivity contribution < 1.29 is 9.13 Å². The lowest BCUT2D eigenvalue weighted by Crippen LogP contribution is -2.30. The average Bonchev–Trinajstić information content (AvgIpc) is 2.31. The van der Waals surface area contributed by atoms with E-state index in [0.29, 0.717) is 5.92 Å². The number of hydrogen-bond acceptors (Lipinski definition) is 2. The molecule has 1 unspecified atom stereocenters. The smallest absolute Gasteiger partial charge is 0.123 e. The van der Waals surface area contributed by atoms with Crippen LogP contribution >= 0.6 is 0 Å². The van der Waals surface area contributed by atoms with Crippen LogP contribution in [0.5, 0.6) is 0 Å². The zero-order valence-corrected chi connectivity index (χ0v) is 9.58. The molecule has 0 aromatic heterocycles. The van der Waals surface area contributed by atoms with Crippen molar-refractivity contribution in [2.75, 3.05) is 20.3 Å². The number of hydrogen-bond donors (Lipinski definition) is 1. The van der Waals surface area contributed by atoms with Crippen LogP contribution in [0.1, 0.15) is 24.4 Å². The SMILES string of the molecule is CNC(c1cccc(F)c1)C1CCOCC1. The lowest BCUT2D eigenvalue weighted by atomic mass is 9.87. The van der Waals surface area contributed by atoms with Crippen molar-refractivity contribution >= 4 is 0 Å². The third kappa shape index (κ3) is 2.60. The van der Waals surface area contributed by atoms with Gasteiger partial charge in [-0.2, -0.15) is 0 Å². The summed E-state index contributed by atoms with van der Waals surface area (Å²) in [6, 6.07) is 7.10. The Morgan fingerprint density at radius 1 is 1.38 bits per heavy atom. The minimum Gasteiger partial charge on any atom is -0.381 e. The number of halogens is 1. The van der Waals surface area contributed by atoms with Gasteiger partial charge in [0.15, 0.2) is 0 Å². The number of ether oxygens (including phenoxy) is 1. The van der Waals surface area contributed by atoms with Crippen LogP contribution in [0.15, 0.2) is 24.3 Å². The van der Waals surface area contributed by atoms with Gasteiger partial charge in [0.05, 0.1) is 0 Å². The Labute approximate surface area is 95.8 Å². The molecule has 0 saturated carbocycles. The predicted molar refractivity (Wildman–Crippen MR) is 61.7 cm³/mol. The molecular formula is C13H18FNO. The molecule has 1 aliphatic rings. The minimum absolute atomic E-state index is 0.162. The molecule has 2 nitrogen and oxygen atoms in total. The summed E-state index contributed by atoms with van der Waals surface area (Å²) in [4.78, 5) is 0. The Morgan fingerprint density at radius 2 is 2.12 bits per heavy atom. The molecular weight excluding hydrogens is 205 g/mol. The fraction of sp³-hybridized carbons (Fsp3) is 0.538. The molecule has 1 atom stereocenters. The highest BCUT2D eigenvalue weighted by Gasteiger charge is 2.24. The Bertz CT molecular complexity index is 336. The van der Waals surface area contributed by atoms with E-state index >= 15 is 0 Å². The van der Waals surface area contributed by atoms with Gasteiger partial charge in [0.1, 0.15) is 5.82 Å². The summed E-state index contributed by atoms with van der Waals surface area (Å²) < 4.78 is 18.5. The van der Waals surface area contributed by atoms with Gasteiger partial charge >= 0.3 is 0 Å². The Kier molecular flexibility index (Phi) is 3.91. The lowest BCUT2D eigenvalue weighted by molar-refractivity contribution is 0.0546. The van der Waals surface area contributed by atoms with Crippen LogP contribution < -0.4 is 5.32 Å². The third-order valence-corrected chi connectivity index (χ3v) is 3.26. The average molecular weight is 223 g/mol. The van der Waals surface area contributed by atoms with E-state index in [0.717, 1.165) is 31.6 Å². The predicted octanol–water partition coefficient (Wildman–Crippen LogP) is 2.51. The van der Waals surface area contributed by atoms with Gasteiger partial charge in [0.25, 0.3) is 0 Å². The first kappa shape index (κ1) is 11.6. The van der Waals surface area contributed by atoms with Crippen LogP contribution in [0.4, 0.5) is 4.39 Å². The second-order valence-corrected chi connectivity index (χ2v) is 4.27. The monoisotopic (exact) mass is 223 g/mol. The molecule has 1 fully saturated rings. The normalized spacial score (nSPS) is 19.6. The fourth-order valence-electron chi connectivity index (χ4n) is 2.42. The molecule has 2 rings (SSSR count). The van der Waals surface area contributed by atoms with E-state index in [4.69, 9.17) is 4.74 Å². The molecule has 0 spiro atoms. The van der Waals surface area contributed by atoms with Crippen molar-refractivity contribution in [3.63, 3.8) is 0 Å². The summed E-state index contributed by atoms with van der Waals surface area (Å²) in [7, 11) is 1.94. The molecule has 88 valence electrons. The maximum atomic E-state index is 13.2. The molecule has 3 heteroatoms. The van der Waals surface area contributed by atoms with Gasteiger partial charge in [-0.25, -0.2) is 4.39 Å². The zero-order valence-electron chi connectivity index (χ0n) is 9.58. The van der Waals surface area contributed by atoms with E-state index in [1.165, 1.54) is 6.07 Å². The maximum Gasteiger partial charge on any atom is 0.123 e. The second kappa shape index (κ2) is 5.41. The highest BCUT2D eigenvalue weighted by atomic mass is 19.1. The van der Waals surface area contributed by atoms with Gasteiger partial charge in [-0.1, -0.05) is 12.1 Å². The van der Waals surface area contributed by atoms with Gasteiger partial charge in [0.2, 0.25) is 0 Å². The van der Waals surface area contributed by atoms with E-state index in [-0.39, 0.29) is 11.9 Å². The topological polar surface area (TPSA) is 21.3 Å². The molecule has 1 aromatic rings. The van der Waals surface area contributed by atoms with Crippen LogP contribution in [0.3, 0.4) is 0 Å². The molecule has 1 N–H and O–H groups in total. The maximum absolute atomic E-state index is 13.2. The zero-order chi connectivity index (χ0) is 11.4. The van der Waals surface area contributed by atoms with Gasteiger partial charge in [-0.15, -0.1) is 0 Å². The Hall–Kier alpha value is -0.930. The number of benzene rings is 1. The first-order valence-corrected chi connectivity index (χ1v) is 5.81. The van der Waals surface area contributed by atoms with Gasteiger partial charge in [-0.05, 0) is 43.5 Å². The molecule has 16 heavy (non-hydrogen) atoms. The van der Waals surface area contributed by atoms with Crippen molar-refractivity contribution in [1.29, 1.82) is 0 Å². The third-order valence-electron chi connectivity index (χ3n) is 3.26. The first-order valence-electron chi connectivity index (χ1n) is 5.81. The molecule has 1 saturated heterocycles. The molecule has 1 aromatic carbocycles. The van der Waals surface area contributed by atoms with Gasteiger partial charge in [-0.3, -0.25) is 0 Å². The molecule has 0 amide bonds. The highest BCUT2D eigenvalue weighted by molar-refractivity contribution is 5.21. The summed E-state index contributed by atoms with van der Waals surface area (Å²) >= 11 is 0. The van der Waals surface area contributed by atoms with Crippen molar-refractivity contribution in [3.05, 3.63) is 35.6 Å². The van der Waals surface area contributed by atoms with Crippen molar-refractivity contribution in [2.45, 2.75) is 18.9 Å². The standard InChI is InChI=1S/C13H18FNO/c1-15-13(10-5-7-16-8-6-10)11-3-2-4-12(14)9-11/h2-4,9-10,13,15H,5-8H2,1H3. The second-order valence-electron chi connectivity index (χ2n) is 4.27. The molecule has 0 bridgehead atoms. The van der Waals surface area contributed by atoms with Crippen LogP contribution in [0, 0.1) is 11.7 Å². The summed E-state index contributed by atoms with van der Waals surface area (Å²) in [5, 5.41) is 3.29. The van der Waals surface area contributed by atoms with Crippen molar-refractivity contribution in [1.82, 2.24) is 5.32 Å². The van der Waals surface area contributed by atoms with Gasteiger partial charge in [0, 0.05) is 19.3 Å². The van der Waals surface area contributed by atoms with Crippen molar-refractivity contribution in [3.8, 4) is 0 Å². The minimum atomic E-state index is -0.162. The summed E-state index contributed by atoms with van der Waals surface area (Å²) in [6.45, 7) is 1.64. The van der Waals surface area contributed by atoms with Crippen LogP contribution in [0.25, 0.3) is 0 Å².